The number of sulfone groups is 1. The van der Waals surface area contributed by atoms with Crippen molar-refractivity contribution < 1.29 is 27.9 Å². The van der Waals surface area contributed by atoms with Gasteiger partial charge in [0.2, 0.25) is 0 Å². The fourth-order valence-corrected chi connectivity index (χ4v) is 3.82. The highest BCUT2D eigenvalue weighted by Crippen LogP contribution is 2.28. The van der Waals surface area contributed by atoms with E-state index in [0.29, 0.717) is 6.42 Å². The smallest absolute Gasteiger partial charge is 0.293 e. The number of amides is 1. The normalized spacial score (nSPS) is 18.7. The van der Waals surface area contributed by atoms with Gasteiger partial charge in [-0.2, -0.15) is 0 Å². The number of nitrogens with zero attached hydrogens (tertiary/aromatic N) is 1. The van der Waals surface area contributed by atoms with Gasteiger partial charge in [-0.25, -0.2) is 8.42 Å². The van der Waals surface area contributed by atoms with E-state index in [0.717, 1.165) is 17.5 Å². The van der Waals surface area contributed by atoms with Crippen molar-refractivity contribution in [2.24, 2.45) is 0 Å². The molecular formula is C21H21NO6S. The fraction of sp³-hybridized carbons (Fsp3) is 0.238. The first-order valence-corrected chi connectivity index (χ1v) is 10.9. The van der Waals surface area contributed by atoms with E-state index in [1.54, 1.807) is 30.5 Å². The molecule has 0 saturated heterocycles. The Labute approximate surface area is 169 Å². The maximum Gasteiger partial charge on any atom is 0.293 e. The van der Waals surface area contributed by atoms with Crippen LogP contribution in [0, 0.1) is 0 Å². The summed E-state index contributed by atoms with van der Waals surface area (Å²) in [6.45, 7) is 0.242. The number of allylic oxidation sites excluding steroid dienone is 4. The molecular weight excluding hydrogens is 394 g/mol. The summed E-state index contributed by atoms with van der Waals surface area (Å²) in [7, 11) is -3.28. The van der Waals surface area contributed by atoms with Crippen molar-refractivity contribution >= 4 is 22.2 Å². The molecule has 2 aliphatic rings. The van der Waals surface area contributed by atoms with E-state index < -0.39 is 15.9 Å². The summed E-state index contributed by atoms with van der Waals surface area (Å²) >= 11 is 0. The number of benzene rings is 1. The van der Waals surface area contributed by atoms with E-state index in [1.165, 1.54) is 17.0 Å². The highest BCUT2D eigenvalue weighted by Gasteiger charge is 2.30. The SMILES string of the molecule is CS(=O)(=O)c1ccc(CCC(OC=O)C(O)=C2CC=C3C=CC=CN3C2=O)cc1. The predicted octanol–water partition coefficient (Wildman–Crippen LogP) is 2.58. The van der Waals surface area contributed by atoms with Crippen LogP contribution >= 0.6 is 0 Å². The quantitative estimate of drug-likeness (QED) is 0.417. The minimum atomic E-state index is -3.28. The molecule has 152 valence electrons. The Morgan fingerprint density at radius 3 is 2.66 bits per heavy atom. The molecule has 1 N–H and O–H groups in total. The van der Waals surface area contributed by atoms with Crippen LogP contribution < -0.4 is 0 Å². The number of aliphatic hydroxyl groups excluding tert-OH is 1. The zero-order valence-corrected chi connectivity index (χ0v) is 16.6. The highest BCUT2D eigenvalue weighted by molar-refractivity contribution is 7.90. The molecule has 1 atom stereocenters. The molecule has 1 amide bonds. The maximum atomic E-state index is 12.7. The zero-order chi connectivity index (χ0) is 21.0. The largest absolute Gasteiger partial charge is 0.508 e. The molecule has 0 aromatic heterocycles. The van der Waals surface area contributed by atoms with Gasteiger partial charge in [-0.3, -0.25) is 14.5 Å². The number of hydrogen-bond acceptors (Lipinski definition) is 6. The first-order chi connectivity index (χ1) is 13.8. The molecule has 29 heavy (non-hydrogen) atoms. The minimum Gasteiger partial charge on any atom is -0.508 e. The van der Waals surface area contributed by atoms with Gasteiger partial charge in [0.1, 0.15) is 5.76 Å². The van der Waals surface area contributed by atoms with Crippen molar-refractivity contribution in [1.82, 2.24) is 4.90 Å². The molecule has 8 heteroatoms. The average Bonchev–Trinajstić information content (AvgIpc) is 2.71. The third-order valence-corrected chi connectivity index (χ3v) is 5.89. The standard InChI is InChI=1S/C21H21NO6S/c1-29(26,27)17-9-5-15(6-10-17)7-12-19(28-14-23)20(24)18-11-8-16-4-2-3-13-22(16)21(18)25/h2-6,8-10,13-14,19,24H,7,11-12H2,1H3. The van der Waals surface area contributed by atoms with Gasteiger partial charge in [0, 0.05) is 24.6 Å². The molecule has 0 saturated carbocycles. The lowest BCUT2D eigenvalue weighted by Gasteiger charge is -2.28. The van der Waals surface area contributed by atoms with Crippen LogP contribution in [0.15, 0.2) is 76.7 Å². The number of aliphatic hydroxyl groups is 1. The third kappa shape index (κ3) is 4.65. The number of aryl methyl sites for hydroxylation is 1. The summed E-state index contributed by atoms with van der Waals surface area (Å²) in [6, 6.07) is 6.35. The van der Waals surface area contributed by atoms with Crippen LogP contribution in [0.25, 0.3) is 0 Å². The van der Waals surface area contributed by atoms with Gasteiger partial charge in [-0.05, 0) is 42.7 Å². The van der Waals surface area contributed by atoms with Crippen LogP contribution in [0.1, 0.15) is 18.4 Å². The van der Waals surface area contributed by atoms with Gasteiger partial charge in [0.05, 0.1) is 10.5 Å². The Morgan fingerprint density at radius 2 is 2.00 bits per heavy atom. The molecule has 0 bridgehead atoms. The van der Waals surface area contributed by atoms with Crippen LogP contribution in [0.5, 0.6) is 0 Å². The van der Waals surface area contributed by atoms with E-state index in [1.807, 2.05) is 12.2 Å². The Bertz CT molecular complexity index is 1030. The van der Waals surface area contributed by atoms with Crippen LogP contribution in [0.2, 0.25) is 0 Å². The first-order valence-electron chi connectivity index (χ1n) is 9.00. The van der Waals surface area contributed by atoms with E-state index in [-0.39, 0.29) is 41.4 Å². The van der Waals surface area contributed by atoms with Gasteiger partial charge in [0.15, 0.2) is 15.9 Å². The Balaban J connectivity index is 1.77. The summed E-state index contributed by atoms with van der Waals surface area (Å²) < 4.78 is 28.1. The predicted molar refractivity (Wildman–Crippen MR) is 106 cm³/mol. The van der Waals surface area contributed by atoms with Crippen LogP contribution in [0.4, 0.5) is 0 Å². The second-order valence-corrected chi connectivity index (χ2v) is 8.76. The molecule has 3 rings (SSSR count). The Kier molecular flexibility index (Phi) is 6.03. The van der Waals surface area contributed by atoms with Crippen LogP contribution in [-0.2, 0) is 30.6 Å². The third-order valence-electron chi connectivity index (χ3n) is 4.76. The molecule has 0 spiro atoms. The molecule has 0 radical (unpaired) electrons. The lowest BCUT2D eigenvalue weighted by atomic mass is 9.98. The molecule has 2 heterocycles. The van der Waals surface area contributed by atoms with E-state index in [2.05, 4.69) is 0 Å². The van der Waals surface area contributed by atoms with Gasteiger partial charge in [-0.1, -0.05) is 24.3 Å². The summed E-state index contributed by atoms with van der Waals surface area (Å²) in [5.74, 6) is -0.634. The van der Waals surface area contributed by atoms with E-state index in [4.69, 9.17) is 4.74 Å². The summed E-state index contributed by atoms with van der Waals surface area (Å²) in [5.41, 5.74) is 1.72. The molecule has 7 nitrogen and oxygen atoms in total. The number of carbonyl (C=O) groups excluding carboxylic acids is 2. The summed E-state index contributed by atoms with van der Waals surface area (Å²) in [6.07, 6.45) is 9.81. The second-order valence-electron chi connectivity index (χ2n) is 6.75. The molecule has 2 aliphatic heterocycles. The molecule has 0 fully saturated rings. The number of hydrogen-bond donors (Lipinski definition) is 1. The van der Waals surface area contributed by atoms with Crippen LogP contribution in [-0.4, -0.2) is 43.2 Å². The number of fused-ring (bicyclic) bond motifs is 1. The van der Waals surface area contributed by atoms with Crippen molar-refractivity contribution in [2.45, 2.75) is 30.3 Å². The first kappa shape index (κ1) is 20.6. The highest BCUT2D eigenvalue weighted by atomic mass is 32.2. The number of rotatable bonds is 7. The second kappa shape index (κ2) is 8.48. The number of carbonyl (C=O) groups is 2. The minimum absolute atomic E-state index is 0.174. The van der Waals surface area contributed by atoms with Crippen molar-refractivity contribution in [3.05, 3.63) is 77.4 Å². The fourth-order valence-electron chi connectivity index (χ4n) is 3.19. The van der Waals surface area contributed by atoms with Gasteiger partial charge in [0.25, 0.3) is 12.4 Å². The van der Waals surface area contributed by atoms with Crippen molar-refractivity contribution in [3.63, 3.8) is 0 Å². The van der Waals surface area contributed by atoms with E-state index in [9.17, 15) is 23.1 Å². The lowest BCUT2D eigenvalue weighted by molar-refractivity contribution is -0.134. The van der Waals surface area contributed by atoms with Gasteiger partial charge < -0.3 is 9.84 Å². The summed E-state index contributed by atoms with van der Waals surface area (Å²) in [4.78, 5) is 25.3. The van der Waals surface area contributed by atoms with Crippen molar-refractivity contribution in [3.8, 4) is 0 Å². The average molecular weight is 415 g/mol. The molecule has 1 unspecified atom stereocenters. The topological polar surface area (TPSA) is 101 Å². The van der Waals surface area contributed by atoms with Crippen molar-refractivity contribution in [1.29, 1.82) is 0 Å². The zero-order valence-electron chi connectivity index (χ0n) is 15.8. The van der Waals surface area contributed by atoms with Gasteiger partial charge >= 0.3 is 0 Å². The van der Waals surface area contributed by atoms with E-state index >= 15 is 0 Å². The molecule has 1 aromatic rings. The Hall–Kier alpha value is -3.13. The molecule has 1 aromatic carbocycles. The summed E-state index contributed by atoms with van der Waals surface area (Å²) in [5, 5.41) is 10.7. The van der Waals surface area contributed by atoms with Crippen LogP contribution in [0.3, 0.4) is 0 Å². The number of ether oxygens (including phenoxy) is 1. The monoisotopic (exact) mass is 415 g/mol. The van der Waals surface area contributed by atoms with Crippen molar-refractivity contribution in [2.75, 3.05) is 6.26 Å². The maximum absolute atomic E-state index is 12.7. The Morgan fingerprint density at radius 1 is 1.28 bits per heavy atom. The lowest BCUT2D eigenvalue weighted by Crippen LogP contribution is -2.32. The molecule has 0 aliphatic carbocycles. The van der Waals surface area contributed by atoms with Gasteiger partial charge in [-0.15, -0.1) is 0 Å².